The zero-order chi connectivity index (χ0) is 19.7. The van der Waals surface area contributed by atoms with Crippen molar-refractivity contribution in [2.75, 3.05) is 0 Å². The van der Waals surface area contributed by atoms with Gasteiger partial charge in [0, 0.05) is 18.3 Å². The third-order valence-corrected chi connectivity index (χ3v) is 9.56. The SMILES string of the molecule is C[C@H]1[C@@H]2CC[C@H](C)[C@@H]3CC[C@@]4(C)OO[C@@]23[C@H](O[C@@H]1S(=O)(=O)c1ccccc1)O4. The molecular weight excluding hydrogens is 380 g/mol. The van der Waals surface area contributed by atoms with Gasteiger partial charge >= 0.3 is 0 Å². The second kappa shape index (κ2) is 6.25. The van der Waals surface area contributed by atoms with Crippen LogP contribution < -0.4 is 0 Å². The smallest absolute Gasteiger partial charge is 0.205 e. The molecule has 6 nitrogen and oxygen atoms in total. The summed E-state index contributed by atoms with van der Waals surface area (Å²) in [7, 11) is -3.66. The molecule has 154 valence electrons. The molecule has 0 aromatic heterocycles. The van der Waals surface area contributed by atoms with E-state index in [1.165, 1.54) is 0 Å². The Balaban J connectivity index is 1.59. The van der Waals surface area contributed by atoms with Gasteiger partial charge in [-0.15, -0.1) is 0 Å². The molecule has 4 heterocycles. The molecule has 2 bridgehead atoms. The normalized spacial score (nSPS) is 48.0. The van der Waals surface area contributed by atoms with Crippen molar-refractivity contribution in [3.05, 3.63) is 30.3 Å². The average molecular weight is 409 g/mol. The first-order valence-electron chi connectivity index (χ1n) is 10.3. The van der Waals surface area contributed by atoms with Crippen LogP contribution in [0.5, 0.6) is 0 Å². The van der Waals surface area contributed by atoms with Gasteiger partial charge in [-0.3, -0.25) is 0 Å². The van der Waals surface area contributed by atoms with Crippen molar-refractivity contribution in [1.29, 1.82) is 0 Å². The molecule has 5 aliphatic rings. The maximum atomic E-state index is 13.4. The van der Waals surface area contributed by atoms with Gasteiger partial charge in [0.1, 0.15) is 0 Å². The highest BCUT2D eigenvalue weighted by atomic mass is 32.2. The maximum Gasteiger partial charge on any atom is 0.205 e. The number of ether oxygens (including phenoxy) is 2. The standard InChI is InChI=1S/C21H28O6S/c1-13-9-10-17-14(2)18(28(22,23)15-7-5-4-6-8-15)24-19-21(17)16(13)11-12-20(3,25-19)26-27-21/h4-8,13-14,16-19H,9-12H2,1-3H3/t13-,14-,16-,17-,18+,19+,20+,21+/m0/s1. The monoisotopic (exact) mass is 408 g/mol. The quantitative estimate of drug-likeness (QED) is 0.696. The zero-order valence-corrected chi connectivity index (χ0v) is 17.4. The molecule has 1 saturated carbocycles. The van der Waals surface area contributed by atoms with Gasteiger partial charge in [-0.2, -0.15) is 0 Å². The lowest BCUT2D eigenvalue weighted by molar-refractivity contribution is -0.568. The molecule has 6 rings (SSSR count). The van der Waals surface area contributed by atoms with E-state index in [0.717, 1.165) is 19.3 Å². The molecule has 5 fully saturated rings. The van der Waals surface area contributed by atoms with Gasteiger partial charge in [0.2, 0.25) is 15.6 Å². The second-order valence-corrected chi connectivity index (χ2v) is 11.2. The highest BCUT2D eigenvalue weighted by Gasteiger charge is 2.70. The van der Waals surface area contributed by atoms with Crippen LogP contribution in [0.2, 0.25) is 0 Å². The number of benzene rings is 1. The van der Waals surface area contributed by atoms with Crippen LogP contribution in [-0.2, 0) is 29.1 Å². The number of fused-ring (bicyclic) bond motifs is 2. The number of hydrogen-bond donors (Lipinski definition) is 0. The molecule has 1 spiro atoms. The summed E-state index contributed by atoms with van der Waals surface area (Å²) < 4.78 is 39.3. The largest absolute Gasteiger partial charge is 0.329 e. The maximum absolute atomic E-state index is 13.4. The summed E-state index contributed by atoms with van der Waals surface area (Å²) in [5, 5.41) is 0. The van der Waals surface area contributed by atoms with E-state index in [4.69, 9.17) is 19.2 Å². The van der Waals surface area contributed by atoms with Gasteiger partial charge in [0.05, 0.1) is 4.90 Å². The van der Waals surface area contributed by atoms with Gasteiger partial charge in [-0.05, 0) is 50.2 Å². The molecule has 1 aliphatic carbocycles. The summed E-state index contributed by atoms with van der Waals surface area (Å²) in [4.78, 5) is 12.1. The Morgan fingerprint density at radius 1 is 1.00 bits per heavy atom. The van der Waals surface area contributed by atoms with Crippen molar-refractivity contribution in [2.24, 2.45) is 23.7 Å². The molecule has 7 heteroatoms. The average Bonchev–Trinajstić information content (AvgIpc) is 2.91. The van der Waals surface area contributed by atoms with Crippen molar-refractivity contribution < 1.29 is 27.7 Å². The van der Waals surface area contributed by atoms with Crippen LogP contribution in [-0.4, -0.2) is 31.5 Å². The van der Waals surface area contributed by atoms with Crippen molar-refractivity contribution in [1.82, 2.24) is 0 Å². The minimum Gasteiger partial charge on any atom is -0.329 e. The molecule has 1 aromatic carbocycles. The minimum atomic E-state index is -3.66. The summed E-state index contributed by atoms with van der Waals surface area (Å²) in [5.74, 6) is -0.461. The predicted molar refractivity (Wildman–Crippen MR) is 100 cm³/mol. The van der Waals surface area contributed by atoms with Crippen molar-refractivity contribution in [3.63, 3.8) is 0 Å². The lowest BCUT2D eigenvalue weighted by Gasteiger charge is -2.60. The molecule has 4 saturated heterocycles. The van der Waals surface area contributed by atoms with Crippen LogP contribution in [0.1, 0.15) is 46.5 Å². The van der Waals surface area contributed by atoms with Crippen LogP contribution in [0.3, 0.4) is 0 Å². The Hall–Kier alpha value is -0.990. The van der Waals surface area contributed by atoms with E-state index >= 15 is 0 Å². The highest BCUT2D eigenvalue weighted by molar-refractivity contribution is 7.92. The van der Waals surface area contributed by atoms with E-state index in [0.29, 0.717) is 12.3 Å². The Morgan fingerprint density at radius 3 is 2.50 bits per heavy atom. The molecule has 0 N–H and O–H groups in total. The molecule has 0 radical (unpaired) electrons. The second-order valence-electron chi connectivity index (χ2n) is 9.13. The Bertz CT molecular complexity index is 857. The van der Waals surface area contributed by atoms with Crippen LogP contribution in [0, 0.1) is 23.7 Å². The van der Waals surface area contributed by atoms with Crippen molar-refractivity contribution in [2.45, 2.75) is 74.5 Å². The van der Waals surface area contributed by atoms with Crippen molar-refractivity contribution >= 4 is 9.84 Å². The zero-order valence-electron chi connectivity index (χ0n) is 16.5. The summed E-state index contributed by atoms with van der Waals surface area (Å²) >= 11 is 0. The van der Waals surface area contributed by atoms with Crippen LogP contribution >= 0.6 is 0 Å². The highest BCUT2D eigenvalue weighted by Crippen LogP contribution is 2.61. The lowest BCUT2D eigenvalue weighted by Crippen LogP contribution is -2.71. The fourth-order valence-electron chi connectivity index (χ4n) is 5.97. The predicted octanol–water partition coefficient (Wildman–Crippen LogP) is 3.67. The third-order valence-electron chi connectivity index (χ3n) is 7.47. The Kier molecular flexibility index (Phi) is 4.24. The fraction of sp³-hybridized carbons (Fsp3) is 0.714. The van der Waals surface area contributed by atoms with Crippen LogP contribution in [0.15, 0.2) is 35.2 Å². The molecule has 8 atom stereocenters. The lowest BCUT2D eigenvalue weighted by atomic mass is 9.58. The molecule has 0 unspecified atom stereocenters. The first kappa shape index (κ1) is 19.0. The number of hydrogen-bond acceptors (Lipinski definition) is 6. The van der Waals surface area contributed by atoms with E-state index in [1.54, 1.807) is 24.3 Å². The van der Waals surface area contributed by atoms with E-state index in [-0.39, 0.29) is 22.6 Å². The first-order chi connectivity index (χ1) is 13.3. The Labute approximate surface area is 166 Å². The molecule has 1 aromatic rings. The molecule has 4 aliphatic heterocycles. The molecular formula is C21H28O6S. The van der Waals surface area contributed by atoms with Gasteiger partial charge in [0.15, 0.2) is 17.3 Å². The van der Waals surface area contributed by atoms with E-state index in [1.807, 2.05) is 19.9 Å². The van der Waals surface area contributed by atoms with Crippen LogP contribution in [0.4, 0.5) is 0 Å². The first-order valence-corrected chi connectivity index (χ1v) is 11.8. The molecule has 0 amide bonds. The van der Waals surface area contributed by atoms with Crippen LogP contribution in [0.25, 0.3) is 0 Å². The van der Waals surface area contributed by atoms with Gasteiger partial charge in [-0.25, -0.2) is 18.2 Å². The molecule has 28 heavy (non-hydrogen) atoms. The van der Waals surface area contributed by atoms with E-state index < -0.39 is 33.0 Å². The topological polar surface area (TPSA) is 71.1 Å². The summed E-state index contributed by atoms with van der Waals surface area (Å²) in [6, 6.07) is 8.54. The number of sulfone groups is 1. The fourth-order valence-corrected chi connectivity index (χ4v) is 7.78. The van der Waals surface area contributed by atoms with E-state index in [2.05, 4.69) is 6.92 Å². The summed E-state index contributed by atoms with van der Waals surface area (Å²) in [6.07, 6.45) is 2.82. The minimum absolute atomic E-state index is 0.00131. The van der Waals surface area contributed by atoms with Gasteiger partial charge in [0.25, 0.3) is 0 Å². The summed E-state index contributed by atoms with van der Waals surface area (Å²) in [6.45, 7) is 6.06. The third kappa shape index (κ3) is 2.50. The van der Waals surface area contributed by atoms with Crippen molar-refractivity contribution in [3.8, 4) is 0 Å². The number of rotatable bonds is 2. The van der Waals surface area contributed by atoms with Gasteiger partial charge < -0.3 is 9.47 Å². The Morgan fingerprint density at radius 2 is 1.75 bits per heavy atom. The van der Waals surface area contributed by atoms with Gasteiger partial charge in [-0.1, -0.05) is 32.0 Å². The van der Waals surface area contributed by atoms with E-state index in [9.17, 15) is 8.42 Å². The summed E-state index contributed by atoms with van der Waals surface area (Å²) in [5.41, 5.74) is -1.70.